The molecule has 0 atom stereocenters. The third kappa shape index (κ3) is 4.80. The molecule has 0 amide bonds. The largest absolute Gasteiger partial charge is 0.489 e. The first-order chi connectivity index (χ1) is 15.1. The van der Waals surface area contributed by atoms with Crippen LogP contribution in [0.5, 0.6) is 5.75 Å². The third-order valence-electron chi connectivity index (χ3n) is 6.87. The Kier molecular flexibility index (Phi) is 5.99. The van der Waals surface area contributed by atoms with Gasteiger partial charge in [-0.25, -0.2) is 4.39 Å². The molecule has 0 N–H and O–H groups in total. The molecule has 0 spiro atoms. The lowest BCUT2D eigenvalue weighted by Crippen LogP contribution is -2.33. The van der Waals surface area contributed by atoms with Crippen LogP contribution >= 0.6 is 0 Å². The summed E-state index contributed by atoms with van der Waals surface area (Å²) in [6.07, 6.45) is 4.67. The summed E-state index contributed by atoms with van der Waals surface area (Å²) in [6.45, 7) is 12.0. The summed E-state index contributed by atoms with van der Waals surface area (Å²) in [5.74, 6) is 0.540. The lowest BCUT2D eigenvalue weighted by molar-refractivity contribution is 0.305. The van der Waals surface area contributed by atoms with Crippen LogP contribution in [0.15, 0.2) is 66.7 Å². The molecule has 0 radical (unpaired) electrons. The molecular formula is C30H33FO. The highest BCUT2D eigenvalue weighted by atomic mass is 19.1. The van der Waals surface area contributed by atoms with Crippen molar-refractivity contribution in [3.63, 3.8) is 0 Å². The van der Waals surface area contributed by atoms with E-state index in [0.29, 0.717) is 6.61 Å². The molecule has 0 aliphatic heterocycles. The number of ether oxygens (including phenoxy) is 1. The highest BCUT2D eigenvalue weighted by molar-refractivity contribution is 5.80. The Morgan fingerprint density at radius 2 is 1.56 bits per heavy atom. The van der Waals surface area contributed by atoms with Gasteiger partial charge in [0.05, 0.1) is 0 Å². The zero-order chi connectivity index (χ0) is 22.9. The van der Waals surface area contributed by atoms with Gasteiger partial charge in [-0.3, -0.25) is 0 Å². The zero-order valence-electron chi connectivity index (χ0n) is 19.8. The molecule has 0 bridgehead atoms. The van der Waals surface area contributed by atoms with Gasteiger partial charge in [0.1, 0.15) is 18.2 Å². The van der Waals surface area contributed by atoms with E-state index in [0.717, 1.165) is 16.9 Å². The van der Waals surface area contributed by atoms with Gasteiger partial charge < -0.3 is 4.74 Å². The second-order valence-electron chi connectivity index (χ2n) is 10.3. The fraction of sp³-hybridized carbons (Fsp3) is 0.333. The smallest absolute Gasteiger partial charge is 0.123 e. The molecule has 3 aromatic carbocycles. The maximum Gasteiger partial charge on any atom is 0.123 e. The first kappa shape index (κ1) is 22.3. The second-order valence-corrected chi connectivity index (χ2v) is 10.3. The molecule has 32 heavy (non-hydrogen) atoms. The van der Waals surface area contributed by atoms with E-state index < -0.39 is 0 Å². The normalized spacial score (nSPS) is 17.0. The summed E-state index contributed by atoms with van der Waals surface area (Å²) in [5.41, 5.74) is 7.91. The van der Waals surface area contributed by atoms with E-state index in [1.165, 1.54) is 47.2 Å². The third-order valence-corrected chi connectivity index (χ3v) is 6.87. The minimum absolute atomic E-state index is 0.210. The molecule has 1 aliphatic rings. The monoisotopic (exact) mass is 428 g/mol. The van der Waals surface area contributed by atoms with Gasteiger partial charge >= 0.3 is 0 Å². The van der Waals surface area contributed by atoms with E-state index in [1.54, 1.807) is 6.07 Å². The van der Waals surface area contributed by atoms with Crippen molar-refractivity contribution in [3.8, 4) is 5.75 Å². The molecule has 0 heterocycles. The van der Waals surface area contributed by atoms with Gasteiger partial charge in [-0.05, 0) is 88.3 Å². The first-order valence-corrected chi connectivity index (χ1v) is 11.5. The van der Waals surface area contributed by atoms with Crippen molar-refractivity contribution < 1.29 is 9.13 Å². The Bertz CT molecular complexity index is 1140. The number of halogens is 1. The minimum Gasteiger partial charge on any atom is -0.489 e. The topological polar surface area (TPSA) is 9.23 Å². The molecule has 3 aromatic rings. The quantitative estimate of drug-likeness (QED) is 0.371. The van der Waals surface area contributed by atoms with Crippen molar-refractivity contribution in [2.45, 2.75) is 64.9 Å². The highest BCUT2D eigenvalue weighted by Gasteiger charge is 2.36. The van der Waals surface area contributed by atoms with Crippen LogP contribution in [0.25, 0.3) is 11.6 Å². The molecule has 166 valence electrons. The molecule has 0 fully saturated rings. The fourth-order valence-corrected chi connectivity index (χ4v) is 4.62. The van der Waals surface area contributed by atoms with Crippen LogP contribution in [0.4, 0.5) is 4.39 Å². The van der Waals surface area contributed by atoms with Crippen LogP contribution in [0.2, 0.25) is 0 Å². The van der Waals surface area contributed by atoms with E-state index in [9.17, 15) is 4.39 Å². The van der Waals surface area contributed by atoms with Crippen LogP contribution in [-0.4, -0.2) is 0 Å². The SMILES string of the molecule is CC(=Cc1ccc(OCc2cccc(F)c2)cc1)c1ccc2c(c1)C(C)(C)CCC2(C)C. The fourth-order valence-electron chi connectivity index (χ4n) is 4.62. The van der Waals surface area contributed by atoms with Crippen LogP contribution in [-0.2, 0) is 17.4 Å². The molecule has 0 saturated heterocycles. The minimum atomic E-state index is -0.240. The number of hydrogen-bond donors (Lipinski definition) is 0. The number of benzene rings is 3. The maximum absolute atomic E-state index is 13.3. The molecule has 4 rings (SSSR count). The Hall–Kier alpha value is -2.87. The van der Waals surface area contributed by atoms with Crippen LogP contribution < -0.4 is 4.74 Å². The van der Waals surface area contributed by atoms with Gasteiger partial charge in [0, 0.05) is 0 Å². The zero-order valence-corrected chi connectivity index (χ0v) is 19.8. The van der Waals surface area contributed by atoms with Crippen molar-refractivity contribution in [1.29, 1.82) is 0 Å². The average Bonchev–Trinajstić information content (AvgIpc) is 2.76. The van der Waals surface area contributed by atoms with Crippen LogP contribution in [0, 0.1) is 5.82 Å². The standard InChI is InChI=1S/C30H33FO/c1-21(24-11-14-27-28(19-24)30(4,5)16-15-29(27,2)3)17-22-9-12-26(13-10-22)32-20-23-7-6-8-25(31)18-23/h6-14,17-19H,15-16,20H2,1-5H3. The van der Waals surface area contributed by atoms with E-state index in [1.807, 2.05) is 18.2 Å². The molecule has 1 aliphatic carbocycles. The first-order valence-electron chi connectivity index (χ1n) is 11.5. The van der Waals surface area contributed by atoms with Crippen molar-refractivity contribution in [2.75, 3.05) is 0 Å². The Labute approximate surface area is 192 Å². The van der Waals surface area contributed by atoms with Gasteiger partial charge in [-0.15, -0.1) is 0 Å². The van der Waals surface area contributed by atoms with Crippen molar-refractivity contribution in [1.82, 2.24) is 0 Å². The summed E-state index contributed by atoms with van der Waals surface area (Å²) in [4.78, 5) is 0. The molecule has 0 saturated carbocycles. The van der Waals surface area contributed by atoms with E-state index in [2.05, 4.69) is 71.0 Å². The van der Waals surface area contributed by atoms with Gasteiger partial charge in [-0.1, -0.05) is 76.2 Å². The predicted octanol–water partition coefficient (Wildman–Crippen LogP) is 8.31. The van der Waals surface area contributed by atoms with Gasteiger partial charge in [0.25, 0.3) is 0 Å². The Morgan fingerprint density at radius 1 is 0.875 bits per heavy atom. The number of rotatable bonds is 5. The molecular weight excluding hydrogens is 395 g/mol. The number of allylic oxidation sites excluding steroid dienone is 1. The van der Waals surface area contributed by atoms with Crippen molar-refractivity contribution >= 4 is 11.6 Å². The van der Waals surface area contributed by atoms with Gasteiger partial charge in [-0.2, -0.15) is 0 Å². The van der Waals surface area contributed by atoms with Gasteiger partial charge in [0.2, 0.25) is 0 Å². The molecule has 0 unspecified atom stereocenters. The Morgan fingerprint density at radius 3 is 2.25 bits per heavy atom. The van der Waals surface area contributed by atoms with Crippen molar-refractivity contribution in [2.24, 2.45) is 0 Å². The molecule has 1 nitrogen and oxygen atoms in total. The molecule has 0 aromatic heterocycles. The van der Waals surface area contributed by atoms with Crippen LogP contribution in [0.3, 0.4) is 0 Å². The summed E-state index contributed by atoms with van der Waals surface area (Å²) >= 11 is 0. The van der Waals surface area contributed by atoms with Crippen molar-refractivity contribution in [3.05, 3.63) is 100 Å². The van der Waals surface area contributed by atoms with E-state index in [-0.39, 0.29) is 16.6 Å². The summed E-state index contributed by atoms with van der Waals surface area (Å²) in [6, 6.07) is 21.6. The van der Waals surface area contributed by atoms with E-state index >= 15 is 0 Å². The Balaban J connectivity index is 1.51. The summed E-state index contributed by atoms with van der Waals surface area (Å²) in [7, 11) is 0. The number of hydrogen-bond acceptors (Lipinski definition) is 1. The van der Waals surface area contributed by atoms with E-state index in [4.69, 9.17) is 4.74 Å². The lowest BCUT2D eigenvalue weighted by atomic mass is 9.63. The second kappa shape index (κ2) is 8.58. The number of fused-ring (bicyclic) bond motifs is 1. The van der Waals surface area contributed by atoms with Gasteiger partial charge in [0.15, 0.2) is 0 Å². The lowest BCUT2D eigenvalue weighted by Gasteiger charge is -2.42. The average molecular weight is 429 g/mol. The molecule has 2 heteroatoms. The maximum atomic E-state index is 13.3. The summed E-state index contributed by atoms with van der Waals surface area (Å²) < 4.78 is 19.1. The summed E-state index contributed by atoms with van der Waals surface area (Å²) in [5, 5.41) is 0. The highest BCUT2D eigenvalue weighted by Crippen LogP contribution is 2.46. The predicted molar refractivity (Wildman–Crippen MR) is 132 cm³/mol. The van der Waals surface area contributed by atoms with Crippen LogP contribution in [0.1, 0.15) is 75.3 Å².